The van der Waals surface area contributed by atoms with Crippen molar-refractivity contribution in [1.82, 2.24) is 0 Å². The Hall–Kier alpha value is -2.42. The van der Waals surface area contributed by atoms with E-state index in [1.807, 2.05) is 54.6 Å². The van der Waals surface area contributed by atoms with Crippen molar-refractivity contribution in [3.8, 4) is 0 Å². The van der Waals surface area contributed by atoms with Crippen molar-refractivity contribution in [1.29, 1.82) is 5.41 Å². The summed E-state index contributed by atoms with van der Waals surface area (Å²) in [5.41, 5.74) is 2.67. The molecular formula is C21H23NO2. The molecule has 2 N–H and O–H groups in total. The van der Waals surface area contributed by atoms with Crippen molar-refractivity contribution in [2.75, 3.05) is 0 Å². The predicted molar refractivity (Wildman–Crippen MR) is 95.8 cm³/mol. The van der Waals surface area contributed by atoms with Crippen LogP contribution >= 0.6 is 0 Å². The van der Waals surface area contributed by atoms with E-state index in [1.54, 1.807) is 0 Å². The van der Waals surface area contributed by atoms with Crippen LogP contribution in [-0.4, -0.2) is 16.8 Å². The third kappa shape index (κ3) is 3.25. The second-order valence-corrected chi connectivity index (χ2v) is 6.67. The Morgan fingerprint density at radius 3 is 2.17 bits per heavy atom. The maximum atomic E-state index is 11.9. The van der Waals surface area contributed by atoms with Gasteiger partial charge in [-0.25, -0.2) is 0 Å². The SMILES string of the molecule is N=C(Cc1ccccc1)c1ccc(C2(C(=O)O)CCCCC2)cc1. The first kappa shape index (κ1) is 16.4. The zero-order valence-electron chi connectivity index (χ0n) is 13.8. The van der Waals surface area contributed by atoms with Crippen LogP contribution in [0.2, 0.25) is 0 Å². The van der Waals surface area contributed by atoms with Crippen LogP contribution in [-0.2, 0) is 16.6 Å². The summed E-state index contributed by atoms with van der Waals surface area (Å²) in [6.45, 7) is 0. The van der Waals surface area contributed by atoms with E-state index in [1.165, 1.54) is 0 Å². The van der Waals surface area contributed by atoms with Gasteiger partial charge in [-0.15, -0.1) is 0 Å². The van der Waals surface area contributed by atoms with Gasteiger partial charge in [-0.05, 0) is 29.5 Å². The van der Waals surface area contributed by atoms with Crippen LogP contribution in [0, 0.1) is 5.41 Å². The average Bonchev–Trinajstić information content (AvgIpc) is 2.63. The van der Waals surface area contributed by atoms with Crippen molar-refractivity contribution in [3.05, 3.63) is 71.3 Å². The first-order valence-electron chi connectivity index (χ1n) is 8.57. The number of hydrogen-bond acceptors (Lipinski definition) is 2. The van der Waals surface area contributed by atoms with Gasteiger partial charge in [0, 0.05) is 12.1 Å². The Kier molecular flexibility index (Phi) is 4.79. The molecule has 1 fully saturated rings. The molecule has 3 nitrogen and oxygen atoms in total. The molecule has 3 rings (SSSR count). The number of carboxylic acid groups (broad SMARTS) is 1. The zero-order valence-corrected chi connectivity index (χ0v) is 13.8. The highest BCUT2D eigenvalue weighted by atomic mass is 16.4. The summed E-state index contributed by atoms with van der Waals surface area (Å²) in [4.78, 5) is 11.9. The molecule has 0 heterocycles. The van der Waals surface area contributed by atoms with Crippen LogP contribution in [0.25, 0.3) is 0 Å². The van der Waals surface area contributed by atoms with Crippen LogP contribution in [0.4, 0.5) is 0 Å². The minimum absolute atomic E-state index is 0.556. The fourth-order valence-corrected chi connectivity index (χ4v) is 3.67. The highest BCUT2D eigenvalue weighted by Gasteiger charge is 2.41. The van der Waals surface area contributed by atoms with Crippen molar-refractivity contribution < 1.29 is 9.90 Å². The summed E-state index contributed by atoms with van der Waals surface area (Å²) < 4.78 is 0. The molecule has 24 heavy (non-hydrogen) atoms. The first-order chi connectivity index (χ1) is 11.6. The van der Waals surface area contributed by atoms with E-state index in [2.05, 4.69) is 0 Å². The molecular weight excluding hydrogens is 298 g/mol. The van der Waals surface area contributed by atoms with Gasteiger partial charge in [0.15, 0.2) is 0 Å². The van der Waals surface area contributed by atoms with Crippen LogP contribution < -0.4 is 0 Å². The monoisotopic (exact) mass is 321 g/mol. The molecule has 0 atom stereocenters. The van der Waals surface area contributed by atoms with Gasteiger partial charge in [-0.3, -0.25) is 4.79 Å². The molecule has 0 spiro atoms. The fourth-order valence-electron chi connectivity index (χ4n) is 3.67. The summed E-state index contributed by atoms with van der Waals surface area (Å²) in [6, 6.07) is 17.6. The Morgan fingerprint density at radius 1 is 0.958 bits per heavy atom. The van der Waals surface area contributed by atoms with Crippen molar-refractivity contribution in [2.45, 2.75) is 43.9 Å². The molecule has 2 aromatic rings. The molecule has 3 heteroatoms. The van der Waals surface area contributed by atoms with Crippen LogP contribution in [0.5, 0.6) is 0 Å². The maximum Gasteiger partial charge on any atom is 0.314 e. The van der Waals surface area contributed by atoms with E-state index in [0.29, 0.717) is 25.0 Å². The van der Waals surface area contributed by atoms with Gasteiger partial charge in [0.2, 0.25) is 0 Å². The number of carbonyl (C=O) groups is 1. The van der Waals surface area contributed by atoms with E-state index < -0.39 is 11.4 Å². The number of aliphatic carboxylic acids is 1. The quantitative estimate of drug-likeness (QED) is 0.792. The number of hydrogen-bond donors (Lipinski definition) is 2. The standard InChI is InChI=1S/C21H23NO2/c22-19(15-16-7-3-1-4-8-16)17-9-11-18(12-10-17)21(20(23)24)13-5-2-6-14-21/h1,3-4,7-12,22H,2,5-6,13-15H2,(H,23,24). The molecule has 1 saturated carbocycles. The average molecular weight is 321 g/mol. The highest BCUT2D eigenvalue weighted by molar-refractivity contribution is 5.99. The lowest BCUT2D eigenvalue weighted by Gasteiger charge is -2.33. The van der Waals surface area contributed by atoms with Gasteiger partial charge in [-0.2, -0.15) is 0 Å². The van der Waals surface area contributed by atoms with Crippen LogP contribution in [0.1, 0.15) is 48.8 Å². The van der Waals surface area contributed by atoms with Crippen LogP contribution in [0.15, 0.2) is 54.6 Å². The topological polar surface area (TPSA) is 61.2 Å². The van der Waals surface area contributed by atoms with Gasteiger partial charge in [-0.1, -0.05) is 73.9 Å². The van der Waals surface area contributed by atoms with Crippen LogP contribution in [0.3, 0.4) is 0 Å². The molecule has 0 aliphatic heterocycles. The Bertz CT molecular complexity index is 713. The molecule has 0 amide bonds. The van der Waals surface area contributed by atoms with E-state index >= 15 is 0 Å². The summed E-state index contributed by atoms with van der Waals surface area (Å²) in [7, 11) is 0. The molecule has 1 aliphatic rings. The van der Waals surface area contributed by atoms with Gasteiger partial charge >= 0.3 is 5.97 Å². The molecule has 124 valence electrons. The lowest BCUT2D eigenvalue weighted by atomic mass is 9.69. The Morgan fingerprint density at radius 2 is 1.58 bits per heavy atom. The minimum atomic E-state index is -0.738. The van der Waals surface area contributed by atoms with E-state index in [9.17, 15) is 9.90 Å². The molecule has 0 saturated heterocycles. The van der Waals surface area contributed by atoms with Gasteiger partial charge in [0.05, 0.1) is 5.41 Å². The van der Waals surface area contributed by atoms with E-state index in [-0.39, 0.29) is 0 Å². The minimum Gasteiger partial charge on any atom is -0.481 e. The second kappa shape index (κ2) is 7.00. The molecule has 0 radical (unpaired) electrons. The molecule has 0 bridgehead atoms. The third-order valence-electron chi connectivity index (χ3n) is 5.13. The summed E-state index contributed by atoms with van der Waals surface area (Å²) in [5, 5.41) is 18.1. The highest BCUT2D eigenvalue weighted by Crippen LogP contribution is 2.39. The van der Waals surface area contributed by atoms with Crippen molar-refractivity contribution in [3.63, 3.8) is 0 Å². The lowest BCUT2D eigenvalue weighted by Crippen LogP contribution is -2.37. The first-order valence-corrected chi connectivity index (χ1v) is 8.57. The smallest absolute Gasteiger partial charge is 0.314 e. The van der Waals surface area contributed by atoms with Crippen molar-refractivity contribution >= 4 is 11.7 Å². The largest absolute Gasteiger partial charge is 0.481 e. The maximum absolute atomic E-state index is 11.9. The second-order valence-electron chi connectivity index (χ2n) is 6.67. The predicted octanol–water partition coefficient (Wildman–Crippen LogP) is 4.58. The summed E-state index contributed by atoms with van der Waals surface area (Å²) >= 11 is 0. The normalized spacial score (nSPS) is 16.5. The fraction of sp³-hybridized carbons (Fsp3) is 0.333. The number of rotatable bonds is 5. The molecule has 0 unspecified atom stereocenters. The number of benzene rings is 2. The van der Waals surface area contributed by atoms with Crippen molar-refractivity contribution in [2.24, 2.45) is 0 Å². The summed E-state index contributed by atoms with van der Waals surface area (Å²) in [5.74, 6) is -0.714. The molecule has 2 aromatic carbocycles. The van der Waals surface area contributed by atoms with Gasteiger partial charge in [0.1, 0.15) is 0 Å². The zero-order chi connectivity index (χ0) is 17.0. The lowest BCUT2D eigenvalue weighted by molar-refractivity contribution is -0.145. The third-order valence-corrected chi connectivity index (χ3v) is 5.13. The number of nitrogens with one attached hydrogen (secondary N) is 1. The number of carboxylic acids is 1. The summed E-state index contributed by atoms with van der Waals surface area (Å²) in [6.07, 6.45) is 5.07. The Balaban J connectivity index is 1.79. The Labute approximate surface area is 142 Å². The van der Waals surface area contributed by atoms with Gasteiger partial charge in [0.25, 0.3) is 0 Å². The molecule has 1 aliphatic carbocycles. The molecule has 0 aromatic heterocycles. The van der Waals surface area contributed by atoms with E-state index in [0.717, 1.165) is 36.0 Å². The van der Waals surface area contributed by atoms with E-state index in [4.69, 9.17) is 5.41 Å². The van der Waals surface area contributed by atoms with Gasteiger partial charge < -0.3 is 10.5 Å².